The highest BCUT2D eigenvalue weighted by molar-refractivity contribution is 9.09. The smallest absolute Gasteiger partial charge is 0.0451 e. The number of hydrogen-bond acceptors (Lipinski definition) is 0. The van der Waals surface area contributed by atoms with E-state index in [0.717, 1.165) is 5.92 Å². The first-order valence-corrected chi connectivity index (χ1v) is 9.91. The molecule has 2 aliphatic carbocycles. The van der Waals surface area contributed by atoms with Crippen LogP contribution in [0.2, 0.25) is 0 Å². The molecule has 1 unspecified atom stereocenters. The summed E-state index contributed by atoms with van der Waals surface area (Å²) in [5, 5.41) is 0. The topological polar surface area (TPSA) is 0 Å². The molecular formula is C20H29Br. The maximum Gasteiger partial charge on any atom is 0.0451 e. The van der Waals surface area contributed by atoms with Crippen molar-refractivity contribution in [1.82, 2.24) is 0 Å². The Hall–Kier alpha value is -0.300. The Labute approximate surface area is 138 Å². The maximum absolute atomic E-state index is 4.05. The van der Waals surface area contributed by atoms with Crippen LogP contribution < -0.4 is 0 Å². The van der Waals surface area contributed by atoms with Crippen LogP contribution in [0.4, 0.5) is 0 Å². The largest absolute Gasteiger partial charge is 0.0833 e. The van der Waals surface area contributed by atoms with Crippen molar-refractivity contribution >= 4 is 15.9 Å². The molecule has 1 atom stereocenters. The average Bonchev–Trinajstić information content (AvgIpc) is 3.05. The van der Waals surface area contributed by atoms with E-state index in [2.05, 4.69) is 47.1 Å². The Kier molecular flexibility index (Phi) is 5.09. The fourth-order valence-corrected chi connectivity index (χ4v) is 5.68. The zero-order chi connectivity index (χ0) is 14.7. The minimum Gasteiger partial charge on any atom is -0.0833 e. The van der Waals surface area contributed by atoms with Gasteiger partial charge < -0.3 is 0 Å². The number of hydrogen-bond donors (Lipinski definition) is 0. The van der Waals surface area contributed by atoms with Gasteiger partial charge in [-0.15, -0.1) is 0 Å². The van der Waals surface area contributed by atoms with Crippen molar-refractivity contribution in [3.8, 4) is 0 Å². The lowest BCUT2D eigenvalue weighted by Gasteiger charge is -2.34. The van der Waals surface area contributed by atoms with Gasteiger partial charge in [0, 0.05) is 4.83 Å². The monoisotopic (exact) mass is 348 g/mol. The van der Waals surface area contributed by atoms with Crippen LogP contribution in [-0.4, -0.2) is 0 Å². The lowest BCUT2D eigenvalue weighted by Crippen LogP contribution is -2.21. The van der Waals surface area contributed by atoms with Crippen molar-refractivity contribution in [2.75, 3.05) is 0 Å². The zero-order valence-corrected chi connectivity index (χ0v) is 15.0. The predicted molar refractivity (Wildman–Crippen MR) is 95.1 cm³/mol. The Morgan fingerprint density at radius 2 is 1.62 bits per heavy atom. The van der Waals surface area contributed by atoms with Crippen LogP contribution in [0.3, 0.4) is 0 Å². The Bertz CT molecular complexity index is 435. The highest BCUT2D eigenvalue weighted by Crippen LogP contribution is 2.54. The van der Waals surface area contributed by atoms with Gasteiger partial charge in [-0.1, -0.05) is 79.2 Å². The summed E-state index contributed by atoms with van der Waals surface area (Å²) in [5.74, 6) is 0.827. The van der Waals surface area contributed by atoms with Crippen molar-refractivity contribution in [3.63, 3.8) is 0 Å². The van der Waals surface area contributed by atoms with Gasteiger partial charge in [-0.3, -0.25) is 0 Å². The van der Waals surface area contributed by atoms with Gasteiger partial charge >= 0.3 is 0 Å². The van der Waals surface area contributed by atoms with Gasteiger partial charge in [0.1, 0.15) is 0 Å². The molecule has 2 saturated carbocycles. The van der Waals surface area contributed by atoms with E-state index >= 15 is 0 Å². The predicted octanol–water partition coefficient (Wildman–Crippen LogP) is 7.14. The molecule has 0 saturated heterocycles. The number of halogens is 1. The third-order valence-corrected chi connectivity index (χ3v) is 7.65. The SMILES string of the molecule is CCC1(C(Br)c2ccc(C3CCCCC3)cc2)CCCC1. The molecular weight excluding hydrogens is 320 g/mol. The fourth-order valence-electron chi connectivity index (χ4n) is 4.59. The molecule has 0 aromatic heterocycles. The second-order valence-corrected chi connectivity index (χ2v) is 8.20. The second kappa shape index (κ2) is 6.86. The molecule has 0 bridgehead atoms. The summed E-state index contributed by atoms with van der Waals surface area (Å²) in [6.07, 6.45) is 14.0. The van der Waals surface area contributed by atoms with E-state index in [1.54, 1.807) is 5.56 Å². The molecule has 0 spiro atoms. The van der Waals surface area contributed by atoms with Crippen LogP contribution in [0.5, 0.6) is 0 Å². The maximum atomic E-state index is 4.05. The Morgan fingerprint density at radius 1 is 1.00 bits per heavy atom. The van der Waals surface area contributed by atoms with Crippen molar-refractivity contribution in [2.24, 2.45) is 5.41 Å². The van der Waals surface area contributed by atoms with E-state index in [0.29, 0.717) is 10.2 Å². The molecule has 116 valence electrons. The lowest BCUT2D eigenvalue weighted by molar-refractivity contribution is 0.279. The normalized spacial score (nSPS) is 24.1. The summed E-state index contributed by atoms with van der Waals surface area (Å²) in [4.78, 5) is 0.540. The Balaban J connectivity index is 1.73. The van der Waals surface area contributed by atoms with E-state index in [4.69, 9.17) is 0 Å². The minimum atomic E-state index is 0.506. The van der Waals surface area contributed by atoms with Gasteiger partial charge in [0.15, 0.2) is 0 Å². The third-order valence-electron chi connectivity index (χ3n) is 6.15. The van der Waals surface area contributed by atoms with Crippen molar-refractivity contribution in [3.05, 3.63) is 35.4 Å². The van der Waals surface area contributed by atoms with Crippen LogP contribution in [0.15, 0.2) is 24.3 Å². The molecule has 1 heteroatoms. The van der Waals surface area contributed by atoms with Gasteiger partial charge in [0.05, 0.1) is 0 Å². The summed E-state index contributed by atoms with van der Waals surface area (Å²) in [5.41, 5.74) is 3.58. The van der Waals surface area contributed by atoms with E-state index in [1.165, 1.54) is 69.8 Å². The van der Waals surface area contributed by atoms with Gasteiger partial charge in [0.25, 0.3) is 0 Å². The second-order valence-electron chi connectivity index (χ2n) is 7.29. The first-order chi connectivity index (χ1) is 10.2. The van der Waals surface area contributed by atoms with Crippen LogP contribution in [0.25, 0.3) is 0 Å². The molecule has 3 rings (SSSR count). The molecule has 0 nitrogen and oxygen atoms in total. The summed E-state index contributed by atoms with van der Waals surface area (Å²) >= 11 is 4.05. The number of rotatable bonds is 4. The molecule has 2 fully saturated rings. The van der Waals surface area contributed by atoms with E-state index in [9.17, 15) is 0 Å². The quantitative estimate of drug-likeness (QED) is 0.507. The van der Waals surface area contributed by atoms with Crippen molar-refractivity contribution in [1.29, 1.82) is 0 Å². The van der Waals surface area contributed by atoms with Crippen molar-refractivity contribution in [2.45, 2.75) is 81.9 Å². The minimum absolute atomic E-state index is 0.506. The molecule has 2 aliphatic rings. The van der Waals surface area contributed by atoms with Crippen molar-refractivity contribution < 1.29 is 0 Å². The molecule has 21 heavy (non-hydrogen) atoms. The lowest BCUT2D eigenvalue weighted by atomic mass is 9.77. The van der Waals surface area contributed by atoms with Gasteiger partial charge in [-0.2, -0.15) is 0 Å². The van der Waals surface area contributed by atoms with Crippen LogP contribution in [0.1, 0.15) is 93.0 Å². The van der Waals surface area contributed by atoms with Gasteiger partial charge in [-0.05, 0) is 54.6 Å². The average molecular weight is 349 g/mol. The molecule has 0 amide bonds. The first-order valence-electron chi connectivity index (χ1n) is 8.99. The Morgan fingerprint density at radius 3 is 2.19 bits per heavy atom. The summed E-state index contributed by atoms with van der Waals surface area (Å²) in [6, 6.07) is 9.63. The molecule has 0 aliphatic heterocycles. The first kappa shape index (κ1) is 15.6. The van der Waals surface area contributed by atoms with E-state index in [-0.39, 0.29) is 0 Å². The summed E-state index contributed by atoms with van der Waals surface area (Å²) in [6.45, 7) is 2.37. The van der Waals surface area contributed by atoms with Gasteiger partial charge in [-0.25, -0.2) is 0 Å². The highest BCUT2D eigenvalue weighted by Gasteiger charge is 2.39. The molecule has 0 N–H and O–H groups in total. The number of benzene rings is 1. The van der Waals surface area contributed by atoms with Crippen LogP contribution in [0, 0.1) is 5.41 Å². The number of alkyl halides is 1. The molecule has 0 radical (unpaired) electrons. The fraction of sp³-hybridized carbons (Fsp3) is 0.700. The van der Waals surface area contributed by atoms with Crippen LogP contribution >= 0.6 is 15.9 Å². The zero-order valence-electron chi connectivity index (χ0n) is 13.4. The summed E-state index contributed by atoms with van der Waals surface area (Å²) in [7, 11) is 0. The third kappa shape index (κ3) is 3.23. The van der Waals surface area contributed by atoms with E-state index in [1.807, 2.05) is 0 Å². The molecule has 1 aromatic rings. The molecule has 1 aromatic carbocycles. The molecule has 0 heterocycles. The van der Waals surface area contributed by atoms with E-state index < -0.39 is 0 Å². The highest BCUT2D eigenvalue weighted by atomic mass is 79.9. The standard InChI is InChI=1S/C20H29Br/c1-2-20(14-6-7-15-20)19(21)18-12-10-17(11-13-18)16-8-4-3-5-9-16/h10-13,16,19H,2-9,14-15H2,1H3. The van der Waals surface area contributed by atoms with Crippen LogP contribution in [-0.2, 0) is 0 Å². The summed E-state index contributed by atoms with van der Waals surface area (Å²) < 4.78 is 0. The van der Waals surface area contributed by atoms with Gasteiger partial charge in [0.2, 0.25) is 0 Å².